The fourth-order valence-electron chi connectivity index (χ4n) is 2.56. The van der Waals surface area contributed by atoms with Gasteiger partial charge in [0.15, 0.2) is 0 Å². The largest absolute Gasteiger partial charge is 0.328 e. The van der Waals surface area contributed by atoms with Crippen LogP contribution in [0.15, 0.2) is 48.8 Å². The van der Waals surface area contributed by atoms with Crippen molar-refractivity contribution in [1.29, 1.82) is 0 Å². The normalized spacial score (nSPS) is 11.6. The number of carbonyl (C=O) groups excluding carboxylic acids is 1. The van der Waals surface area contributed by atoms with Gasteiger partial charge in [0.1, 0.15) is 5.69 Å². The first-order chi connectivity index (χ1) is 12.0. The third-order valence-corrected chi connectivity index (χ3v) is 4.02. The minimum Gasteiger partial charge on any atom is -0.328 e. The Morgan fingerprint density at radius 2 is 2.04 bits per heavy atom. The van der Waals surface area contributed by atoms with Crippen molar-refractivity contribution in [2.75, 3.05) is 0 Å². The summed E-state index contributed by atoms with van der Waals surface area (Å²) in [6.07, 6.45) is 1.47. The van der Waals surface area contributed by atoms with Crippen molar-refractivity contribution in [2.45, 2.75) is 6.43 Å². The minimum atomic E-state index is -2.82. The number of hydrogen-bond acceptors (Lipinski definition) is 2. The quantitative estimate of drug-likeness (QED) is 0.740. The highest BCUT2D eigenvalue weighted by Crippen LogP contribution is 2.27. The first kappa shape index (κ1) is 17.1. The summed E-state index contributed by atoms with van der Waals surface area (Å²) < 4.78 is 27.0. The Kier molecular flexibility index (Phi) is 4.81. The van der Waals surface area contributed by atoms with Crippen molar-refractivity contribution >= 4 is 34.4 Å². The van der Waals surface area contributed by atoms with E-state index in [-0.39, 0.29) is 5.56 Å². The molecule has 1 aromatic heterocycles. The van der Waals surface area contributed by atoms with E-state index in [0.29, 0.717) is 5.02 Å². The first-order valence-corrected chi connectivity index (χ1v) is 7.81. The van der Waals surface area contributed by atoms with Gasteiger partial charge in [-0.3, -0.25) is 9.48 Å². The SMILES string of the molecule is Cn1cc(C(=O)NC=Cc2c(Cl)ccc3ccccc23)c(C(F)F)n1. The van der Waals surface area contributed by atoms with Gasteiger partial charge in [-0.1, -0.05) is 41.9 Å². The van der Waals surface area contributed by atoms with Gasteiger partial charge < -0.3 is 5.32 Å². The lowest BCUT2D eigenvalue weighted by molar-refractivity contribution is 0.0955. The Balaban J connectivity index is 1.85. The van der Waals surface area contributed by atoms with Gasteiger partial charge in [-0.2, -0.15) is 5.10 Å². The number of carbonyl (C=O) groups is 1. The maximum atomic E-state index is 12.9. The number of nitrogens with one attached hydrogen (secondary N) is 1. The summed E-state index contributed by atoms with van der Waals surface area (Å²) in [6, 6.07) is 11.3. The molecule has 0 aliphatic rings. The van der Waals surface area contributed by atoms with Crippen LogP contribution in [0.3, 0.4) is 0 Å². The van der Waals surface area contributed by atoms with Crippen LogP contribution in [0.2, 0.25) is 5.02 Å². The number of hydrogen-bond donors (Lipinski definition) is 1. The predicted octanol–water partition coefficient (Wildman–Crippen LogP) is 4.57. The van der Waals surface area contributed by atoms with Crippen LogP contribution < -0.4 is 5.32 Å². The van der Waals surface area contributed by atoms with E-state index in [1.807, 2.05) is 30.3 Å². The lowest BCUT2D eigenvalue weighted by atomic mass is 10.0. The smallest absolute Gasteiger partial charge is 0.282 e. The second kappa shape index (κ2) is 7.03. The molecule has 1 N–H and O–H groups in total. The number of fused-ring (bicyclic) bond motifs is 1. The zero-order valence-electron chi connectivity index (χ0n) is 13.2. The van der Waals surface area contributed by atoms with Crippen molar-refractivity contribution in [3.05, 3.63) is 70.6 Å². The number of aromatic nitrogens is 2. The highest BCUT2D eigenvalue weighted by molar-refractivity contribution is 6.33. The van der Waals surface area contributed by atoms with Crippen molar-refractivity contribution in [3.8, 4) is 0 Å². The van der Waals surface area contributed by atoms with Gasteiger partial charge in [0.25, 0.3) is 12.3 Å². The minimum absolute atomic E-state index is 0.161. The van der Waals surface area contributed by atoms with Gasteiger partial charge in [-0.15, -0.1) is 0 Å². The van der Waals surface area contributed by atoms with Crippen molar-refractivity contribution < 1.29 is 13.6 Å². The molecule has 0 bridgehead atoms. The first-order valence-electron chi connectivity index (χ1n) is 7.43. The van der Waals surface area contributed by atoms with Gasteiger partial charge in [-0.25, -0.2) is 8.78 Å². The molecule has 7 heteroatoms. The fourth-order valence-corrected chi connectivity index (χ4v) is 2.79. The number of amides is 1. The highest BCUT2D eigenvalue weighted by atomic mass is 35.5. The molecular weight excluding hydrogens is 348 g/mol. The van der Waals surface area contributed by atoms with E-state index in [2.05, 4.69) is 10.4 Å². The maximum absolute atomic E-state index is 12.9. The molecule has 0 aliphatic carbocycles. The molecule has 3 aromatic rings. The van der Waals surface area contributed by atoms with E-state index in [0.717, 1.165) is 16.3 Å². The number of alkyl halides is 2. The van der Waals surface area contributed by atoms with Crippen LogP contribution in [0.5, 0.6) is 0 Å². The van der Waals surface area contributed by atoms with Crippen LogP contribution in [-0.4, -0.2) is 15.7 Å². The van der Waals surface area contributed by atoms with Crippen LogP contribution in [-0.2, 0) is 7.05 Å². The molecule has 0 radical (unpaired) electrons. The van der Waals surface area contributed by atoms with Crippen LogP contribution >= 0.6 is 11.6 Å². The molecule has 25 heavy (non-hydrogen) atoms. The molecule has 0 saturated carbocycles. The Morgan fingerprint density at radius 1 is 1.28 bits per heavy atom. The Morgan fingerprint density at radius 3 is 2.80 bits per heavy atom. The molecule has 0 unspecified atom stereocenters. The van der Waals surface area contributed by atoms with E-state index in [9.17, 15) is 13.6 Å². The van der Waals surface area contributed by atoms with Gasteiger partial charge >= 0.3 is 0 Å². The Bertz CT molecular complexity index is 966. The lowest BCUT2D eigenvalue weighted by Gasteiger charge is -2.05. The summed E-state index contributed by atoms with van der Waals surface area (Å²) in [6.45, 7) is 0. The van der Waals surface area contributed by atoms with Crippen LogP contribution in [0.25, 0.3) is 16.8 Å². The molecule has 0 fully saturated rings. The number of halogens is 3. The third-order valence-electron chi connectivity index (χ3n) is 3.69. The number of rotatable bonds is 4. The molecular formula is C18H14ClF2N3O. The van der Waals surface area contributed by atoms with Crippen LogP contribution in [0, 0.1) is 0 Å². The Hall–Kier alpha value is -2.73. The molecule has 0 atom stereocenters. The standard InChI is InChI=1S/C18H14ClF2N3O/c1-24-10-14(16(23-24)17(20)21)18(25)22-9-8-13-12-5-3-2-4-11(12)6-7-15(13)19/h2-10,17H,1H3,(H,22,25). The third kappa shape index (κ3) is 3.53. The summed E-state index contributed by atoms with van der Waals surface area (Å²) in [5.74, 6) is -0.656. The maximum Gasteiger partial charge on any atom is 0.282 e. The van der Waals surface area contributed by atoms with Crippen molar-refractivity contribution in [2.24, 2.45) is 7.05 Å². The van der Waals surface area contributed by atoms with Crippen LogP contribution in [0.4, 0.5) is 8.78 Å². The van der Waals surface area contributed by atoms with Crippen LogP contribution in [0.1, 0.15) is 28.0 Å². The van der Waals surface area contributed by atoms with E-state index >= 15 is 0 Å². The molecule has 0 spiro atoms. The fraction of sp³-hybridized carbons (Fsp3) is 0.111. The molecule has 1 heterocycles. The zero-order chi connectivity index (χ0) is 18.0. The van der Waals surface area contributed by atoms with E-state index < -0.39 is 18.0 Å². The molecule has 4 nitrogen and oxygen atoms in total. The Labute approximate surface area is 147 Å². The van der Waals surface area contributed by atoms with E-state index in [1.54, 1.807) is 12.1 Å². The molecule has 0 saturated heterocycles. The average molecular weight is 362 g/mol. The van der Waals surface area contributed by atoms with Gasteiger partial charge in [0, 0.05) is 30.0 Å². The van der Waals surface area contributed by atoms with Gasteiger partial charge in [0.05, 0.1) is 5.56 Å². The summed E-state index contributed by atoms with van der Waals surface area (Å²) in [4.78, 5) is 12.1. The summed E-state index contributed by atoms with van der Waals surface area (Å²) in [5, 5.41) is 8.55. The zero-order valence-corrected chi connectivity index (χ0v) is 14.0. The second-order valence-corrected chi connectivity index (χ2v) is 5.80. The predicted molar refractivity (Wildman–Crippen MR) is 93.6 cm³/mol. The molecule has 0 aliphatic heterocycles. The van der Waals surface area contributed by atoms with E-state index in [4.69, 9.17) is 11.6 Å². The molecule has 3 rings (SSSR count). The molecule has 128 valence electrons. The lowest BCUT2D eigenvalue weighted by Crippen LogP contribution is -2.18. The van der Waals surface area contributed by atoms with E-state index in [1.165, 1.54) is 24.1 Å². The highest BCUT2D eigenvalue weighted by Gasteiger charge is 2.21. The summed E-state index contributed by atoms with van der Waals surface area (Å²) in [7, 11) is 1.48. The molecule has 1 amide bonds. The van der Waals surface area contributed by atoms with Gasteiger partial charge in [-0.05, 0) is 22.9 Å². The monoisotopic (exact) mass is 361 g/mol. The van der Waals surface area contributed by atoms with Gasteiger partial charge in [0.2, 0.25) is 0 Å². The number of nitrogens with zero attached hydrogens (tertiary/aromatic N) is 2. The summed E-state index contributed by atoms with van der Waals surface area (Å²) in [5.41, 5.74) is 0.0306. The number of benzene rings is 2. The average Bonchev–Trinajstić information content (AvgIpc) is 2.99. The molecule has 2 aromatic carbocycles. The topological polar surface area (TPSA) is 46.9 Å². The number of aryl methyl sites for hydroxylation is 1. The summed E-state index contributed by atoms with van der Waals surface area (Å²) >= 11 is 6.23. The second-order valence-electron chi connectivity index (χ2n) is 5.39. The van der Waals surface area contributed by atoms with Crippen molar-refractivity contribution in [3.63, 3.8) is 0 Å². The van der Waals surface area contributed by atoms with Crippen molar-refractivity contribution in [1.82, 2.24) is 15.1 Å².